The highest BCUT2D eigenvalue weighted by Crippen LogP contribution is 2.34. The summed E-state index contributed by atoms with van der Waals surface area (Å²) in [7, 11) is -4.06. The molecule has 0 fully saturated rings. The average Bonchev–Trinajstić information content (AvgIpc) is 2.44. The van der Waals surface area contributed by atoms with Gasteiger partial charge in [-0.25, -0.2) is 9.53 Å². The summed E-state index contributed by atoms with van der Waals surface area (Å²) in [6, 6.07) is 6.34. The minimum absolute atomic E-state index is 0.0103. The van der Waals surface area contributed by atoms with Gasteiger partial charge in [-0.3, -0.25) is 4.72 Å². The molecule has 0 saturated carbocycles. The first-order chi connectivity index (χ1) is 11.0. The summed E-state index contributed by atoms with van der Waals surface area (Å²) < 4.78 is 75.4. The lowest BCUT2D eigenvalue weighted by molar-refractivity contribution is -0.139. The molecule has 0 radical (unpaired) electrons. The number of hydrogen-bond donors (Lipinski definition) is 3. The van der Waals surface area contributed by atoms with Crippen molar-refractivity contribution in [1.82, 2.24) is 0 Å². The smallest absolute Gasteiger partial charge is 0.392 e. The van der Waals surface area contributed by atoms with Gasteiger partial charge in [0, 0.05) is 5.56 Å². The maximum atomic E-state index is 13.6. The molecule has 0 amide bonds. The van der Waals surface area contributed by atoms with Gasteiger partial charge in [-0.2, -0.15) is 21.6 Å². The molecule has 0 aliphatic rings. The number of benzene rings is 2. The number of aliphatic hydroxyl groups excluding tert-OH is 1. The Kier molecular flexibility index (Phi) is 4.83. The Morgan fingerprint density at radius 1 is 1.08 bits per heavy atom. The molecule has 0 heterocycles. The molecular formula is C14H12F4N2O3S. The van der Waals surface area contributed by atoms with E-state index in [4.69, 9.17) is 5.14 Å². The maximum absolute atomic E-state index is 13.6. The van der Waals surface area contributed by atoms with Crippen molar-refractivity contribution in [3.05, 3.63) is 53.3 Å². The molecule has 2 aromatic rings. The van der Waals surface area contributed by atoms with Crippen molar-refractivity contribution in [3.63, 3.8) is 0 Å². The van der Waals surface area contributed by atoms with E-state index in [1.165, 1.54) is 18.2 Å². The molecule has 24 heavy (non-hydrogen) atoms. The first kappa shape index (κ1) is 18.2. The predicted molar refractivity (Wildman–Crippen MR) is 79.5 cm³/mol. The van der Waals surface area contributed by atoms with E-state index in [1.54, 1.807) is 0 Å². The number of hydrogen-bond acceptors (Lipinski definition) is 3. The van der Waals surface area contributed by atoms with Crippen LogP contribution < -0.4 is 9.86 Å². The zero-order chi connectivity index (χ0) is 18.1. The van der Waals surface area contributed by atoms with Crippen LogP contribution >= 0.6 is 0 Å². The van der Waals surface area contributed by atoms with Gasteiger partial charge in [-0.1, -0.05) is 12.1 Å². The molecule has 10 heteroatoms. The monoisotopic (exact) mass is 364 g/mol. The van der Waals surface area contributed by atoms with Crippen LogP contribution in [0.5, 0.6) is 0 Å². The summed E-state index contributed by atoms with van der Waals surface area (Å²) in [4.78, 5) is 0. The van der Waals surface area contributed by atoms with Crippen molar-refractivity contribution < 1.29 is 31.1 Å². The van der Waals surface area contributed by atoms with E-state index in [1.807, 2.05) is 4.72 Å². The summed E-state index contributed by atoms with van der Waals surface area (Å²) in [5, 5.41) is 14.1. The molecule has 0 spiro atoms. The highest BCUT2D eigenvalue weighted by atomic mass is 32.2. The van der Waals surface area contributed by atoms with Gasteiger partial charge in [0.25, 0.3) is 10.2 Å². The van der Waals surface area contributed by atoms with Crippen LogP contribution in [0.3, 0.4) is 0 Å². The Labute approximate surface area is 134 Å². The molecule has 0 saturated heterocycles. The Hall–Kier alpha value is -2.17. The predicted octanol–water partition coefficient (Wildman–Crippen LogP) is 2.62. The van der Waals surface area contributed by atoms with E-state index in [2.05, 4.69) is 0 Å². The zero-order valence-corrected chi connectivity index (χ0v) is 12.7. The molecule has 2 rings (SSSR count). The van der Waals surface area contributed by atoms with E-state index in [9.17, 15) is 31.1 Å². The van der Waals surface area contributed by atoms with E-state index in [0.29, 0.717) is 17.7 Å². The van der Waals surface area contributed by atoms with Gasteiger partial charge in [0.1, 0.15) is 5.82 Å². The third-order valence-electron chi connectivity index (χ3n) is 3.14. The average molecular weight is 364 g/mol. The summed E-state index contributed by atoms with van der Waals surface area (Å²) in [5.74, 6) is -1.43. The summed E-state index contributed by atoms with van der Waals surface area (Å²) in [6.07, 6.45) is -4.80. The minimum atomic E-state index is -4.80. The van der Waals surface area contributed by atoms with Crippen molar-refractivity contribution in [2.75, 3.05) is 4.72 Å². The quantitative estimate of drug-likeness (QED) is 0.728. The van der Waals surface area contributed by atoms with Crippen LogP contribution in [0.25, 0.3) is 11.1 Å². The Bertz CT molecular complexity index is 867. The fourth-order valence-corrected chi connectivity index (χ4v) is 2.59. The highest BCUT2D eigenvalue weighted by molar-refractivity contribution is 7.90. The van der Waals surface area contributed by atoms with Gasteiger partial charge >= 0.3 is 6.18 Å². The first-order valence-electron chi connectivity index (χ1n) is 6.42. The van der Waals surface area contributed by atoms with Crippen molar-refractivity contribution in [1.29, 1.82) is 0 Å². The summed E-state index contributed by atoms with van der Waals surface area (Å²) in [6.45, 7) is -0.561. The number of rotatable bonds is 4. The largest absolute Gasteiger partial charge is 0.419 e. The topological polar surface area (TPSA) is 92.4 Å². The van der Waals surface area contributed by atoms with Crippen LogP contribution in [0.15, 0.2) is 36.4 Å². The molecule has 0 unspecified atom stereocenters. The lowest BCUT2D eigenvalue weighted by atomic mass is 10.0. The van der Waals surface area contributed by atoms with Crippen LogP contribution in [0.1, 0.15) is 11.1 Å². The molecular weight excluding hydrogens is 352 g/mol. The number of anilines is 1. The SMILES string of the molecule is NS(=O)(=O)Nc1ccc(-c2ccc(C(F)(F)F)c(F)c2)cc1CO. The zero-order valence-electron chi connectivity index (χ0n) is 11.9. The number of halogens is 4. The van der Waals surface area contributed by atoms with E-state index in [-0.39, 0.29) is 16.8 Å². The molecule has 2 aromatic carbocycles. The normalized spacial score (nSPS) is 12.2. The van der Waals surface area contributed by atoms with Crippen LogP contribution in [-0.2, 0) is 23.0 Å². The molecule has 5 nitrogen and oxygen atoms in total. The lowest BCUT2D eigenvalue weighted by Crippen LogP contribution is -2.22. The third-order valence-corrected chi connectivity index (χ3v) is 3.64. The Balaban J connectivity index is 2.45. The molecule has 0 atom stereocenters. The van der Waals surface area contributed by atoms with Crippen molar-refractivity contribution in [2.24, 2.45) is 5.14 Å². The van der Waals surface area contributed by atoms with E-state index < -0.39 is 34.4 Å². The number of alkyl halides is 3. The molecule has 4 N–H and O–H groups in total. The number of nitrogens with one attached hydrogen (secondary N) is 1. The maximum Gasteiger partial charge on any atom is 0.419 e. The second kappa shape index (κ2) is 6.38. The van der Waals surface area contributed by atoms with Crippen molar-refractivity contribution in [3.8, 4) is 11.1 Å². The van der Waals surface area contributed by atoms with Crippen LogP contribution in [0.2, 0.25) is 0 Å². The Morgan fingerprint density at radius 3 is 2.17 bits per heavy atom. The Morgan fingerprint density at radius 2 is 1.67 bits per heavy atom. The van der Waals surface area contributed by atoms with Gasteiger partial charge in [-0.05, 0) is 35.4 Å². The van der Waals surface area contributed by atoms with E-state index in [0.717, 1.165) is 6.07 Å². The third kappa shape index (κ3) is 4.22. The van der Waals surface area contributed by atoms with Crippen LogP contribution in [-0.4, -0.2) is 13.5 Å². The lowest BCUT2D eigenvalue weighted by Gasteiger charge is -2.12. The van der Waals surface area contributed by atoms with Gasteiger partial charge in [0.05, 0.1) is 17.9 Å². The van der Waals surface area contributed by atoms with Crippen molar-refractivity contribution >= 4 is 15.9 Å². The van der Waals surface area contributed by atoms with Gasteiger partial charge < -0.3 is 5.11 Å². The first-order valence-corrected chi connectivity index (χ1v) is 7.97. The fourth-order valence-electron chi connectivity index (χ4n) is 2.08. The van der Waals surface area contributed by atoms with Gasteiger partial charge in [-0.15, -0.1) is 0 Å². The number of aliphatic hydroxyl groups is 1. The standard InChI is InChI=1S/C14H12F4N2O3S/c15-12-6-9(1-3-11(12)14(16,17)18)8-2-4-13(10(5-8)7-21)20-24(19,22)23/h1-6,20-21H,7H2,(H2,19,22,23). The van der Waals surface area contributed by atoms with Gasteiger partial charge in [0.15, 0.2) is 0 Å². The molecule has 0 bridgehead atoms. The fraction of sp³-hybridized carbons (Fsp3) is 0.143. The van der Waals surface area contributed by atoms with Crippen molar-refractivity contribution in [2.45, 2.75) is 12.8 Å². The van der Waals surface area contributed by atoms with Crippen LogP contribution in [0, 0.1) is 5.82 Å². The molecule has 0 aliphatic carbocycles. The highest BCUT2D eigenvalue weighted by Gasteiger charge is 2.33. The summed E-state index contributed by atoms with van der Waals surface area (Å²) in [5.41, 5.74) is -0.817. The molecule has 0 aliphatic heterocycles. The second-order valence-corrected chi connectivity index (χ2v) is 6.16. The van der Waals surface area contributed by atoms with Gasteiger partial charge in [0.2, 0.25) is 0 Å². The molecule has 0 aromatic heterocycles. The summed E-state index contributed by atoms with van der Waals surface area (Å²) >= 11 is 0. The number of nitrogens with two attached hydrogens (primary N) is 1. The second-order valence-electron chi connectivity index (χ2n) is 4.87. The van der Waals surface area contributed by atoms with Crippen LogP contribution in [0.4, 0.5) is 23.2 Å². The van der Waals surface area contributed by atoms with E-state index >= 15 is 0 Å². The molecule has 130 valence electrons. The minimum Gasteiger partial charge on any atom is -0.392 e.